The molecule has 0 amide bonds. The zero-order valence-corrected chi connectivity index (χ0v) is 13.0. The maximum Gasteiger partial charge on any atom is 0.197 e. The van der Waals surface area contributed by atoms with E-state index in [0.717, 1.165) is 30.2 Å². The monoisotopic (exact) mass is 341 g/mol. The Bertz CT molecular complexity index is 579. The summed E-state index contributed by atoms with van der Waals surface area (Å²) < 4.78 is 25.1. The van der Waals surface area contributed by atoms with Crippen LogP contribution in [-0.2, 0) is 9.84 Å². The van der Waals surface area contributed by atoms with E-state index in [2.05, 4.69) is 22.0 Å². The molecule has 19 heavy (non-hydrogen) atoms. The quantitative estimate of drug-likeness (QED) is 0.768. The lowest BCUT2D eigenvalue weighted by atomic mass is 10.0. The van der Waals surface area contributed by atoms with Gasteiger partial charge in [0, 0.05) is 4.47 Å². The van der Waals surface area contributed by atoms with Gasteiger partial charge in [0.05, 0.1) is 11.0 Å². The first-order chi connectivity index (χ1) is 9.02. The predicted octanol–water partition coefficient (Wildman–Crippen LogP) is 3.84. The van der Waals surface area contributed by atoms with E-state index >= 15 is 0 Å². The van der Waals surface area contributed by atoms with E-state index in [0.29, 0.717) is 12.8 Å². The molecule has 1 saturated carbocycles. The minimum Gasteiger partial charge on any atom is -0.222 e. The fourth-order valence-electron chi connectivity index (χ4n) is 2.58. The molecule has 0 aliphatic heterocycles. The van der Waals surface area contributed by atoms with E-state index in [4.69, 9.17) is 0 Å². The highest BCUT2D eigenvalue weighted by Crippen LogP contribution is 2.37. The zero-order valence-electron chi connectivity index (χ0n) is 10.6. The van der Waals surface area contributed by atoms with E-state index in [-0.39, 0.29) is 4.90 Å². The molecule has 0 N–H and O–H groups in total. The van der Waals surface area contributed by atoms with E-state index < -0.39 is 14.6 Å². The normalized spacial score (nSPS) is 19.4. The molecule has 102 valence electrons. The first kappa shape index (κ1) is 14.5. The molecule has 1 aliphatic carbocycles. The van der Waals surface area contributed by atoms with Crippen molar-refractivity contribution in [2.45, 2.75) is 48.2 Å². The van der Waals surface area contributed by atoms with Crippen LogP contribution in [0.25, 0.3) is 0 Å². The molecule has 0 spiro atoms. The summed E-state index contributed by atoms with van der Waals surface area (Å²) in [4.78, 5) is 0.249. The average Bonchev–Trinajstić information content (AvgIpc) is 2.65. The minimum absolute atomic E-state index is 0.249. The van der Waals surface area contributed by atoms with Crippen LogP contribution in [0.2, 0.25) is 0 Å². The second-order valence-corrected chi connectivity index (χ2v) is 8.15. The summed E-state index contributed by atoms with van der Waals surface area (Å²) in [7, 11) is -3.60. The number of hydrogen-bond acceptors (Lipinski definition) is 3. The molecule has 0 heterocycles. The standard InChI is InChI=1S/C14H16BrNO2S/c15-12-5-7-13(8-6-12)19(17,18)14(11-16)9-3-1-2-4-10-14/h5-8H,1-4,9-10H2. The Morgan fingerprint density at radius 3 is 2.05 bits per heavy atom. The van der Waals surface area contributed by atoms with Crippen molar-refractivity contribution < 1.29 is 8.42 Å². The van der Waals surface area contributed by atoms with Gasteiger partial charge in [0.15, 0.2) is 14.6 Å². The van der Waals surface area contributed by atoms with E-state index in [1.165, 1.54) is 0 Å². The van der Waals surface area contributed by atoms with Gasteiger partial charge in [-0.3, -0.25) is 0 Å². The molecule has 2 rings (SSSR count). The molecular formula is C14H16BrNO2S. The van der Waals surface area contributed by atoms with Gasteiger partial charge < -0.3 is 0 Å². The van der Waals surface area contributed by atoms with Crippen molar-refractivity contribution in [1.29, 1.82) is 5.26 Å². The predicted molar refractivity (Wildman–Crippen MR) is 77.4 cm³/mol. The fraction of sp³-hybridized carbons (Fsp3) is 0.500. The molecule has 1 aliphatic rings. The number of nitrogens with zero attached hydrogens (tertiary/aromatic N) is 1. The Hall–Kier alpha value is -0.860. The molecule has 0 atom stereocenters. The van der Waals surface area contributed by atoms with Gasteiger partial charge in [-0.2, -0.15) is 5.26 Å². The van der Waals surface area contributed by atoms with Crippen molar-refractivity contribution in [3.05, 3.63) is 28.7 Å². The summed E-state index contributed by atoms with van der Waals surface area (Å²) >= 11 is 3.29. The molecule has 1 aromatic rings. The van der Waals surface area contributed by atoms with Gasteiger partial charge in [0.1, 0.15) is 0 Å². The van der Waals surface area contributed by atoms with E-state index in [1.54, 1.807) is 24.3 Å². The van der Waals surface area contributed by atoms with Gasteiger partial charge in [0.2, 0.25) is 0 Å². The highest BCUT2D eigenvalue weighted by atomic mass is 79.9. The third-order valence-electron chi connectivity index (χ3n) is 3.75. The van der Waals surface area contributed by atoms with E-state index in [1.807, 2.05) is 0 Å². The highest BCUT2D eigenvalue weighted by Gasteiger charge is 2.45. The highest BCUT2D eigenvalue weighted by molar-refractivity contribution is 9.10. The fourth-order valence-corrected chi connectivity index (χ4v) is 4.74. The van der Waals surface area contributed by atoms with Crippen LogP contribution in [0.1, 0.15) is 38.5 Å². The maximum atomic E-state index is 12.8. The molecule has 0 saturated heterocycles. The molecule has 0 radical (unpaired) electrons. The summed E-state index contributed by atoms with van der Waals surface area (Å²) in [6.07, 6.45) is 4.54. The SMILES string of the molecule is N#CC1(S(=O)(=O)c2ccc(Br)cc2)CCCCCC1. The molecule has 0 aromatic heterocycles. The Morgan fingerprint density at radius 2 is 1.58 bits per heavy atom. The summed E-state index contributed by atoms with van der Waals surface area (Å²) in [5.41, 5.74) is 0. The van der Waals surface area contributed by atoms with Gasteiger partial charge in [-0.05, 0) is 37.1 Å². The Morgan fingerprint density at radius 1 is 1.05 bits per heavy atom. The van der Waals surface area contributed by atoms with Crippen LogP contribution >= 0.6 is 15.9 Å². The van der Waals surface area contributed by atoms with Crippen molar-refractivity contribution in [1.82, 2.24) is 0 Å². The minimum atomic E-state index is -3.60. The molecule has 3 nitrogen and oxygen atoms in total. The average molecular weight is 342 g/mol. The number of rotatable bonds is 2. The Kier molecular flexibility index (Phi) is 4.32. The van der Waals surface area contributed by atoms with Crippen LogP contribution in [0.3, 0.4) is 0 Å². The third-order valence-corrected chi connectivity index (χ3v) is 6.70. The lowest BCUT2D eigenvalue weighted by Crippen LogP contribution is -2.36. The lowest BCUT2D eigenvalue weighted by molar-refractivity contribution is 0.523. The number of sulfone groups is 1. The van der Waals surface area contributed by atoms with Crippen molar-refractivity contribution in [3.63, 3.8) is 0 Å². The molecule has 5 heteroatoms. The number of hydrogen-bond donors (Lipinski definition) is 0. The molecular weight excluding hydrogens is 326 g/mol. The summed E-state index contributed by atoms with van der Waals surface area (Å²) in [5.74, 6) is 0. The zero-order chi connectivity index (χ0) is 13.9. The van der Waals surface area contributed by atoms with Crippen molar-refractivity contribution in [3.8, 4) is 6.07 Å². The number of benzene rings is 1. The van der Waals surface area contributed by atoms with Crippen molar-refractivity contribution in [2.24, 2.45) is 0 Å². The second kappa shape index (κ2) is 5.64. The smallest absolute Gasteiger partial charge is 0.197 e. The Labute approximate surface area is 122 Å². The molecule has 1 aromatic carbocycles. The van der Waals surface area contributed by atoms with Crippen LogP contribution in [0.15, 0.2) is 33.6 Å². The van der Waals surface area contributed by atoms with Gasteiger partial charge in [-0.1, -0.05) is 41.6 Å². The molecule has 0 bridgehead atoms. The van der Waals surface area contributed by atoms with Gasteiger partial charge in [-0.25, -0.2) is 8.42 Å². The van der Waals surface area contributed by atoms with E-state index in [9.17, 15) is 13.7 Å². The van der Waals surface area contributed by atoms with Crippen LogP contribution in [-0.4, -0.2) is 13.2 Å². The number of nitriles is 1. The van der Waals surface area contributed by atoms with Crippen LogP contribution in [0.4, 0.5) is 0 Å². The number of halogens is 1. The molecule has 0 unspecified atom stereocenters. The summed E-state index contributed by atoms with van der Waals surface area (Å²) in [5, 5.41) is 9.48. The van der Waals surface area contributed by atoms with Gasteiger partial charge in [0.25, 0.3) is 0 Å². The first-order valence-corrected chi connectivity index (χ1v) is 8.71. The lowest BCUT2D eigenvalue weighted by Gasteiger charge is -2.24. The van der Waals surface area contributed by atoms with Crippen molar-refractivity contribution >= 4 is 25.8 Å². The van der Waals surface area contributed by atoms with Gasteiger partial charge in [-0.15, -0.1) is 0 Å². The summed E-state index contributed by atoms with van der Waals surface area (Å²) in [6.45, 7) is 0. The summed E-state index contributed by atoms with van der Waals surface area (Å²) in [6, 6.07) is 8.66. The first-order valence-electron chi connectivity index (χ1n) is 6.43. The Balaban J connectivity index is 2.46. The van der Waals surface area contributed by atoms with Gasteiger partial charge >= 0.3 is 0 Å². The maximum absolute atomic E-state index is 12.8. The largest absolute Gasteiger partial charge is 0.222 e. The van der Waals surface area contributed by atoms with Crippen LogP contribution in [0.5, 0.6) is 0 Å². The third kappa shape index (κ3) is 2.70. The van der Waals surface area contributed by atoms with Crippen molar-refractivity contribution in [2.75, 3.05) is 0 Å². The van der Waals surface area contributed by atoms with Crippen LogP contribution in [0, 0.1) is 11.3 Å². The second-order valence-electron chi connectivity index (χ2n) is 4.98. The topological polar surface area (TPSA) is 57.9 Å². The van der Waals surface area contributed by atoms with Crippen LogP contribution < -0.4 is 0 Å². The molecule has 1 fully saturated rings.